The van der Waals surface area contributed by atoms with E-state index in [2.05, 4.69) is 6.92 Å². The van der Waals surface area contributed by atoms with E-state index in [0.29, 0.717) is 11.8 Å². The van der Waals surface area contributed by atoms with Crippen molar-refractivity contribution in [1.29, 1.82) is 0 Å². The summed E-state index contributed by atoms with van der Waals surface area (Å²) >= 11 is 0. The fraction of sp³-hybridized carbons (Fsp3) is 0.647. The number of aryl methyl sites for hydroxylation is 1. The molecule has 0 heterocycles. The van der Waals surface area contributed by atoms with Gasteiger partial charge in [0.1, 0.15) is 5.82 Å². The summed E-state index contributed by atoms with van der Waals surface area (Å²) in [5, 5.41) is 11.2. The zero-order valence-corrected chi connectivity index (χ0v) is 11.7. The van der Waals surface area contributed by atoms with Crippen LogP contribution in [0.25, 0.3) is 0 Å². The van der Waals surface area contributed by atoms with Crippen LogP contribution in [0.4, 0.5) is 4.39 Å². The molecule has 2 aliphatic rings. The van der Waals surface area contributed by atoms with Crippen LogP contribution in [-0.4, -0.2) is 5.11 Å². The molecule has 1 aromatic carbocycles. The third-order valence-electron chi connectivity index (χ3n) is 5.36. The van der Waals surface area contributed by atoms with Crippen LogP contribution in [0, 0.1) is 17.7 Å². The summed E-state index contributed by atoms with van der Waals surface area (Å²) in [7, 11) is 0. The second-order valence-electron chi connectivity index (χ2n) is 6.29. The number of hydrogen-bond donors (Lipinski definition) is 1. The molecule has 0 radical (unpaired) electrons. The molecule has 1 saturated carbocycles. The molecular formula is C17H23FO. The molecule has 1 N–H and O–H groups in total. The lowest BCUT2D eigenvalue weighted by atomic mass is 9.67. The first-order chi connectivity index (χ1) is 9.15. The number of aliphatic hydroxyl groups is 1. The molecule has 2 aliphatic carbocycles. The minimum absolute atomic E-state index is 0.182. The van der Waals surface area contributed by atoms with Crippen molar-refractivity contribution in [2.24, 2.45) is 11.8 Å². The predicted octanol–water partition coefficient (Wildman–Crippen LogP) is 4.18. The van der Waals surface area contributed by atoms with Gasteiger partial charge in [0, 0.05) is 0 Å². The molecule has 0 amide bonds. The van der Waals surface area contributed by atoms with E-state index in [-0.39, 0.29) is 5.82 Å². The van der Waals surface area contributed by atoms with Gasteiger partial charge >= 0.3 is 0 Å². The van der Waals surface area contributed by atoms with Gasteiger partial charge in [-0.15, -0.1) is 0 Å². The van der Waals surface area contributed by atoms with Crippen molar-refractivity contribution in [3.8, 4) is 0 Å². The lowest BCUT2D eigenvalue weighted by Crippen LogP contribution is -2.39. The van der Waals surface area contributed by atoms with Crippen molar-refractivity contribution in [2.75, 3.05) is 0 Å². The topological polar surface area (TPSA) is 20.2 Å². The average Bonchev–Trinajstić information content (AvgIpc) is 2.77. The molecule has 0 bridgehead atoms. The molecule has 1 nitrogen and oxygen atoms in total. The fourth-order valence-electron chi connectivity index (χ4n) is 4.36. The summed E-state index contributed by atoms with van der Waals surface area (Å²) in [4.78, 5) is 0. The summed E-state index contributed by atoms with van der Waals surface area (Å²) in [6, 6.07) is 4.93. The molecule has 0 saturated heterocycles. The summed E-state index contributed by atoms with van der Waals surface area (Å²) in [6.45, 7) is 2.23. The van der Waals surface area contributed by atoms with Gasteiger partial charge in [0.2, 0.25) is 0 Å². The third-order valence-corrected chi connectivity index (χ3v) is 5.36. The van der Waals surface area contributed by atoms with E-state index in [1.165, 1.54) is 25.3 Å². The number of halogens is 1. The second kappa shape index (κ2) is 4.90. The molecule has 3 atom stereocenters. The van der Waals surface area contributed by atoms with Gasteiger partial charge in [-0.2, -0.15) is 0 Å². The Hall–Kier alpha value is -0.890. The Morgan fingerprint density at radius 1 is 1.32 bits per heavy atom. The summed E-state index contributed by atoms with van der Waals surface area (Å²) in [5.74, 6) is 0.798. The minimum Gasteiger partial charge on any atom is -0.385 e. The van der Waals surface area contributed by atoms with Crippen LogP contribution in [0.5, 0.6) is 0 Å². The maximum absolute atomic E-state index is 13.3. The Morgan fingerprint density at radius 2 is 2.11 bits per heavy atom. The van der Waals surface area contributed by atoms with Crippen LogP contribution >= 0.6 is 0 Å². The highest BCUT2D eigenvalue weighted by molar-refractivity contribution is 5.38. The number of rotatable bonds is 2. The van der Waals surface area contributed by atoms with Gasteiger partial charge in [0.15, 0.2) is 0 Å². The van der Waals surface area contributed by atoms with Crippen molar-refractivity contribution < 1.29 is 9.50 Å². The van der Waals surface area contributed by atoms with Crippen LogP contribution in [0.15, 0.2) is 18.2 Å². The molecule has 104 valence electrons. The maximum atomic E-state index is 13.3. The van der Waals surface area contributed by atoms with Gasteiger partial charge in [0.25, 0.3) is 0 Å². The molecule has 1 fully saturated rings. The quantitative estimate of drug-likeness (QED) is 0.848. The van der Waals surface area contributed by atoms with E-state index < -0.39 is 5.60 Å². The molecule has 0 aromatic heterocycles. The summed E-state index contributed by atoms with van der Waals surface area (Å²) < 4.78 is 13.3. The van der Waals surface area contributed by atoms with Gasteiger partial charge in [-0.1, -0.05) is 38.7 Å². The lowest BCUT2D eigenvalue weighted by molar-refractivity contribution is -0.0626. The standard InChI is InChI=1S/C17H23FO/c1-2-12-5-3-4-6-15(12)17(19)10-9-13-11-14(18)7-8-16(13)17/h7-8,11-12,15,19H,2-6,9-10H2,1H3. The van der Waals surface area contributed by atoms with Crippen LogP contribution in [-0.2, 0) is 12.0 Å². The smallest absolute Gasteiger partial charge is 0.123 e. The third kappa shape index (κ3) is 2.10. The highest BCUT2D eigenvalue weighted by Gasteiger charge is 2.46. The molecule has 2 heteroatoms. The minimum atomic E-state index is -0.704. The Bertz CT molecular complexity index is 470. The van der Waals surface area contributed by atoms with Crippen LogP contribution in [0.2, 0.25) is 0 Å². The van der Waals surface area contributed by atoms with E-state index >= 15 is 0 Å². The first kappa shape index (κ1) is 13.1. The normalized spacial score (nSPS) is 34.3. The van der Waals surface area contributed by atoms with E-state index in [9.17, 15) is 9.50 Å². The van der Waals surface area contributed by atoms with Crippen molar-refractivity contribution in [2.45, 2.75) is 57.5 Å². The van der Waals surface area contributed by atoms with E-state index in [0.717, 1.165) is 36.8 Å². The van der Waals surface area contributed by atoms with E-state index in [1.54, 1.807) is 6.07 Å². The van der Waals surface area contributed by atoms with Gasteiger partial charge in [-0.3, -0.25) is 0 Å². The molecular weight excluding hydrogens is 239 g/mol. The molecule has 3 unspecified atom stereocenters. The Kier molecular flexibility index (Phi) is 3.38. The largest absolute Gasteiger partial charge is 0.385 e. The predicted molar refractivity (Wildman–Crippen MR) is 74.4 cm³/mol. The van der Waals surface area contributed by atoms with Crippen molar-refractivity contribution in [3.63, 3.8) is 0 Å². The average molecular weight is 262 g/mol. The van der Waals surface area contributed by atoms with E-state index in [4.69, 9.17) is 0 Å². The first-order valence-corrected chi connectivity index (χ1v) is 7.66. The first-order valence-electron chi connectivity index (χ1n) is 7.66. The maximum Gasteiger partial charge on any atom is 0.123 e. The number of benzene rings is 1. The van der Waals surface area contributed by atoms with Crippen molar-refractivity contribution in [3.05, 3.63) is 35.1 Å². The van der Waals surface area contributed by atoms with Gasteiger partial charge < -0.3 is 5.11 Å². The van der Waals surface area contributed by atoms with Gasteiger partial charge in [0.05, 0.1) is 5.60 Å². The van der Waals surface area contributed by atoms with Crippen LogP contribution < -0.4 is 0 Å². The monoisotopic (exact) mass is 262 g/mol. The van der Waals surface area contributed by atoms with Crippen LogP contribution in [0.1, 0.15) is 56.6 Å². The Morgan fingerprint density at radius 3 is 2.89 bits per heavy atom. The Labute approximate surface area is 114 Å². The summed E-state index contributed by atoms with van der Waals surface area (Å²) in [6.07, 6.45) is 7.60. The van der Waals surface area contributed by atoms with E-state index in [1.807, 2.05) is 6.07 Å². The van der Waals surface area contributed by atoms with Crippen molar-refractivity contribution in [1.82, 2.24) is 0 Å². The molecule has 0 spiro atoms. The lowest BCUT2D eigenvalue weighted by Gasteiger charge is -2.41. The molecule has 1 aromatic rings. The Balaban J connectivity index is 1.96. The fourth-order valence-corrected chi connectivity index (χ4v) is 4.36. The molecule has 3 rings (SSSR count). The highest BCUT2D eigenvalue weighted by atomic mass is 19.1. The van der Waals surface area contributed by atoms with Crippen LogP contribution in [0.3, 0.4) is 0 Å². The number of hydrogen-bond acceptors (Lipinski definition) is 1. The van der Waals surface area contributed by atoms with Crippen molar-refractivity contribution >= 4 is 0 Å². The molecule has 0 aliphatic heterocycles. The van der Waals surface area contributed by atoms with Gasteiger partial charge in [-0.05, 0) is 54.4 Å². The summed E-state index contributed by atoms with van der Waals surface area (Å²) in [5.41, 5.74) is 1.31. The molecule has 19 heavy (non-hydrogen) atoms. The second-order valence-corrected chi connectivity index (χ2v) is 6.29. The zero-order chi connectivity index (χ0) is 13.5. The highest BCUT2D eigenvalue weighted by Crippen LogP contribution is 2.50. The zero-order valence-electron chi connectivity index (χ0n) is 11.7. The number of fused-ring (bicyclic) bond motifs is 1. The SMILES string of the molecule is CCC1CCCCC1C1(O)CCc2cc(F)ccc21. The van der Waals surface area contributed by atoms with Gasteiger partial charge in [-0.25, -0.2) is 4.39 Å².